The molecular weight excluding hydrogens is 563 g/mol. The Balaban J connectivity index is 0.00000253. The van der Waals surface area contributed by atoms with Gasteiger partial charge in [-0.2, -0.15) is 0 Å². The summed E-state index contributed by atoms with van der Waals surface area (Å²) >= 11 is 0. The molecule has 0 aromatic heterocycles. The summed E-state index contributed by atoms with van der Waals surface area (Å²) in [6, 6.07) is 25.6. The van der Waals surface area contributed by atoms with E-state index in [2.05, 4.69) is 0 Å². The Morgan fingerprint density at radius 1 is 0.385 bits per heavy atom. The number of hydrogen-bond acceptors (Lipinski definition) is 6. The molecule has 0 bridgehead atoms. The lowest BCUT2D eigenvalue weighted by Gasteiger charge is -2.13. The molecule has 0 saturated carbocycles. The molecule has 4 rings (SSSR count). The number of benzene rings is 4. The Kier molecular flexibility index (Phi) is 12.1. The van der Waals surface area contributed by atoms with Crippen LogP contribution >= 0.6 is 37.2 Å². The van der Waals surface area contributed by atoms with Gasteiger partial charge in [-0.3, -0.25) is 16.2 Å². The van der Waals surface area contributed by atoms with Gasteiger partial charge in [0.1, 0.15) is 52.0 Å². The van der Waals surface area contributed by atoms with Crippen LogP contribution in [-0.4, -0.2) is 17.5 Å². The topological polar surface area (TPSA) is 177 Å². The van der Waals surface area contributed by atoms with Crippen LogP contribution in [0.15, 0.2) is 91.0 Å². The maximum absolute atomic E-state index is 7.54. The van der Waals surface area contributed by atoms with E-state index in [4.69, 9.17) is 47.6 Å². The van der Waals surface area contributed by atoms with Crippen LogP contribution in [0.4, 0.5) is 0 Å². The van der Waals surface area contributed by atoms with Crippen LogP contribution in [0.5, 0.6) is 34.5 Å². The molecule has 4 aromatic rings. The molecule has 0 unspecified atom stereocenters. The van der Waals surface area contributed by atoms with Crippen molar-refractivity contribution in [2.75, 3.05) is 0 Å². The molecule has 0 aliphatic rings. The van der Waals surface area contributed by atoms with E-state index in [-0.39, 0.29) is 54.7 Å². The number of halogens is 3. The largest absolute Gasteiger partial charge is 0.457 e. The fraction of sp³-hybridized carbons (Fsp3) is 0. The van der Waals surface area contributed by atoms with Gasteiger partial charge in [-0.15, -0.1) is 37.2 Å². The molecular formula is C27H27Cl3N6O3. The van der Waals surface area contributed by atoms with Gasteiger partial charge in [-0.1, -0.05) is 0 Å². The summed E-state index contributed by atoms with van der Waals surface area (Å²) in [7, 11) is 0. The van der Waals surface area contributed by atoms with E-state index in [1.54, 1.807) is 91.0 Å². The lowest BCUT2D eigenvalue weighted by Crippen LogP contribution is -2.10. The Bertz CT molecular complexity index is 1240. The normalized spacial score (nSPS) is 9.54. The molecule has 9 N–H and O–H groups in total. The van der Waals surface area contributed by atoms with E-state index in [0.29, 0.717) is 51.2 Å². The van der Waals surface area contributed by atoms with Crippen LogP contribution < -0.4 is 31.4 Å². The zero-order chi connectivity index (χ0) is 25.7. The van der Waals surface area contributed by atoms with Gasteiger partial charge in [0.15, 0.2) is 0 Å². The highest BCUT2D eigenvalue weighted by Gasteiger charge is 2.09. The maximum atomic E-state index is 7.54. The molecule has 0 amide bonds. The van der Waals surface area contributed by atoms with Crippen molar-refractivity contribution in [1.82, 2.24) is 0 Å². The van der Waals surface area contributed by atoms with Crippen molar-refractivity contribution in [2.45, 2.75) is 0 Å². The van der Waals surface area contributed by atoms with Crippen LogP contribution in [-0.2, 0) is 0 Å². The zero-order valence-corrected chi connectivity index (χ0v) is 22.8. The molecule has 9 nitrogen and oxygen atoms in total. The van der Waals surface area contributed by atoms with Crippen LogP contribution in [0.3, 0.4) is 0 Å². The van der Waals surface area contributed by atoms with Crippen LogP contribution in [0.25, 0.3) is 0 Å². The third kappa shape index (κ3) is 8.82. The molecule has 204 valence electrons. The van der Waals surface area contributed by atoms with Gasteiger partial charge in [0.25, 0.3) is 0 Å². The summed E-state index contributed by atoms with van der Waals surface area (Å²) < 4.78 is 18.0. The van der Waals surface area contributed by atoms with Gasteiger partial charge in [-0.25, -0.2) is 0 Å². The van der Waals surface area contributed by atoms with E-state index in [1.807, 2.05) is 0 Å². The third-order valence-electron chi connectivity index (χ3n) is 5.06. The molecule has 0 saturated heterocycles. The van der Waals surface area contributed by atoms with Gasteiger partial charge in [0.05, 0.1) is 0 Å². The first kappa shape index (κ1) is 32.6. The fourth-order valence-corrected chi connectivity index (χ4v) is 3.24. The Labute approximate surface area is 244 Å². The minimum atomic E-state index is -0.0285. The Morgan fingerprint density at radius 2 is 0.590 bits per heavy atom. The fourth-order valence-electron chi connectivity index (χ4n) is 3.24. The zero-order valence-electron chi connectivity index (χ0n) is 20.3. The summed E-state index contributed by atoms with van der Waals surface area (Å²) in [5, 5.41) is 22.6. The summed E-state index contributed by atoms with van der Waals surface area (Å²) in [5.41, 5.74) is 18.3. The van der Waals surface area contributed by atoms with Crippen molar-refractivity contribution in [3.63, 3.8) is 0 Å². The SMILES string of the molecule is Cl.Cl.Cl.N=C(N)c1ccc(Oc2cc(Oc3ccc(C(=N)N)cc3)cc(Oc3ccc(C(=N)N)cc3)c2)cc1. The first-order chi connectivity index (χ1) is 17.3. The monoisotopic (exact) mass is 588 g/mol. The minimum Gasteiger partial charge on any atom is -0.457 e. The number of nitrogens with one attached hydrogen (secondary N) is 3. The smallest absolute Gasteiger partial charge is 0.134 e. The highest BCUT2D eigenvalue weighted by atomic mass is 35.5. The average molecular weight is 590 g/mol. The minimum absolute atomic E-state index is 0. The number of nitrogens with two attached hydrogens (primary N) is 3. The average Bonchev–Trinajstić information content (AvgIpc) is 2.85. The number of ether oxygens (including phenoxy) is 3. The lowest BCUT2D eigenvalue weighted by molar-refractivity contribution is 0.440. The third-order valence-corrected chi connectivity index (χ3v) is 5.06. The van der Waals surface area contributed by atoms with Crippen LogP contribution in [0.1, 0.15) is 16.7 Å². The van der Waals surface area contributed by atoms with Crippen LogP contribution in [0.2, 0.25) is 0 Å². The molecule has 12 heteroatoms. The van der Waals surface area contributed by atoms with Gasteiger partial charge in [0, 0.05) is 34.9 Å². The lowest BCUT2D eigenvalue weighted by atomic mass is 10.2. The molecule has 4 aromatic carbocycles. The van der Waals surface area contributed by atoms with E-state index in [9.17, 15) is 0 Å². The van der Waals surface area contributed by atoms with Gasteiger partial charge in [0.2, 0.25) is 0 Å². The van der Waals surface area contributed by atoms with Gasteiger partial charge in [-0.05, 0) is 72.8 Å². The standard InChI is InChI=1S/C27H24N6O3.3ClH/c28-25(29)16-1-7-19(8-2-16)34-22-13-23(35-20-9-3-17(4-10-20)26(30)31)15-24(14-22)36-21-11-5-18(6-12-21)27(32)33;;;/h1-15H,(H3,28,29)(H3,30,31)(H3,32,33);3*1H. The molecule has 0 spiro atoms. The van der Waals surface area contributed by atoms with Crippen LogP contribution in [0, 0.1) is 16.2 Å². The summed E-state index contributed by atoms with van der Waals surface area (Å²) in [5.74, 6) is 2.91. The molecule has 0 atom stereocenters. The molecule has 39 heavy (non-hydrogen) atoms. The molecule has 0 fully saturated rings. The number of rotatable bonds is 9. The highest BCUT2D eigenvalue weighted by Crippen LogP contribution is 2.35. The summed E-state index contributed by atoms with van der Waals surface area (Å²) in [6.07, 6.45) is 0. The predicted octanol–water partition coefficient (Wildman–Crippen LogP) is 6.18. The Morgan fingerprint density at radius 3 is 0.769 bits per heavy atom. The Hall–Kier alpha value is -4.44. The van der Waals surface area contributed by atoms with E-state index >= 15 is 0 Å². The highest BCUT2D eigenvalue weighted by molar-refractivity contribution is 5.96. The number of amidine groups is 3. The van der Waals surface area contributed by atoms with E-state index < -0.39 is 0 Å². The second-order valence-electron chi connectivity index (χ2n) is 7.76. The van der Waals surface area contributed by atoms with Crippen molar-refractivity contribution in [3.05, 3.63) is 108 Å². The summed E-state index contributed by atoms with van der Waals surface area (Å²) in [4.78, 5) is 0. The molecule has 0 aliphatic carbocycles. The van der Waals surface area contributed by atoms with E-state index in [0.717, 1.165) is 0 Å². The van der Waals surface area contributed by atoms with Crippen molar-refractivity contribution in [2.24, 2.45) is 17.2 Å². The molecule has 0 heterocycles. The second kappa shape index (κ2) is 14.5. The van der Waals surface area contributed by atoms with E-state index in [1.165, 1.54) is 0 Å². The van der Waals surface area contributed by atoms with Gasteiger partial charge >= 0.3 is 0 Å². The second-order valence-corrected chi connectivity index (χ2v) is 7.76. The van der Waals surface area contributed by atoms with Crippen molar-refractivity contribution in [3.8, 4) is 34.5 Å². The van der Waals surface area contributed by atoms with Crippen molar-refractivity contribution in [1.29, 1.82) is 16.2 Å². The van der Waals surface area contributed by atoms with Crippen molar-refractivity contribution >= 4 is 54.7 Å². The summed E-state index contributed by atoms with van der Waals surface area (Å²) in [6.45, 7) is 0. The molecule has 0 radical (unpaired) electrons. The predicted molar refractivity (Wildman–Crippen MR) is 161 cm³/mol. The first-order valence-corrected chi connectivity index (χ1v) is 10.8. The number of hydrogen-bond donors (Lipinski definition) is 6. The quantitative estimate of drug-likeness (QED) is 0.100. The molecule has 0 aliphatic heterocycles. The maximum Gasteiger partial charge on any atom is 0.134 e. The van der Waals surface area contributed by atoms with Gasteiger partial charge < -0.3 is 31.4 Å². The number of nitrogen functional groups attached to an aromatic ring is 3. The first-order valence-electron chi connectivity index (χ1n) is 10.8. The van der Waals surface area contributed by atoms with Crippen molar-refractivity contribution < 1.29 is 14.2 Å².